The number of aromatic nitrogens is 3. The van der Waals surface area contributed by atoms with Crippen molar-refractivity contribution in [3.8, 4) is 5.69 Å². The number of fused-ring (bicyclic) bond motifs is 1. The molecular weight excluding hydrogens is 340 g/mol. The fourth-order valence-electron chi connectivity index (χ4n) is 2.94. The summed E-state index contributed by atoms with van der Waals surface area (Å²) in [6, 6.07) is 9.60. The lowest BCUT2D eigenvalue weighted by Crippen LogP contribution is -2.16. The molecule has 3 aromatic rings. The molecule has 1 aromatic carbocycles. The third kappa shape index (κ3) is 2.81. The number of carbonyl (C=O) groups is 1. The number of hydrogen-bond donors (Lipinski definition) is 2. The summed E-state index contributed by atoms with van der Waals surface area (Å²) in [4.78, 5) is 21.5. The lowest BCUT2D eigenvalue weighted by molar-refractivity contribution is 0.102. The zero-order chi connectivity index (χ0) is 16.5. The average molecular weight is 356 g/mol. The molecule has 0 bridgehead atoms. The SMILES string of the molecule is O=C(Nc1nc2c(s1)CCCC2)c1c[nH]c(=S)n1-c1ccccc1. The van der Waals surface area contributed by atoms with Crippen LogP contribution in [0.25, 0.3) is 5.69 Å². The number of amides is 1. The lowest BCUT2D eigenvalue weighted by atomic mass is 10.0. The predicted octanol–water partition coefficient (Wildman–Crippen LogP) is 4.12. The number of nitrogens with zero attached hydrogens (tertiary/aromatic N) is 2. The van der Waals surface area contributed by atoms with Gasteiger partial charge in [0.1, 0.15) is 5.69 Å². The summed E-state index contributed by atoms with van der Waals surface area (Å²) in [5.74, 6) is -0.211. The summed E-state index contributed by atoms with van der Waals surface area (Å²) < 4.78 is 2.22. The Bertz CT molecular complexity index is 916. The highest BCUT2D eigenvalue weighted by atomic mass is 32.1. The first-order valence-electron chi connectivity index (χ1n) is 7.88. The van der Waals surface area contributed by atoms with Gasteiger partial charge in [-0.25, -0.2) is 4.98 Å². The highest BCUT2D eigenvalue weighted by Crippen LogP contribution is 2.29. The third-order valence-electron chi connectivity index (χ3n) is 4.09. The van der Waals surface area contributed by atoms with Crippen molar-refractivity contribution >= 4 is 34.6 Å². The van der Waals surface area contributed by atoms with Crippen molar-refractivity contribution in [3.63, 3.8) is 0 Å². The Morgan fingerprint density at radius 2 is 2.04 bits per heavy atom. The topological polar surface area (TPSA) is 62.7 Å². The zero-order valence-electron chi connectivity index (χ0n) is 12.9. The number of para-hydroxylation sites is 1. The number of aryl methyl sites for hydroxylation is 2. The number of imidazole rings is 1. The van der Waals surface area contributed by atoms with E-state index in [4.69, 9.17) is 12.2 Å². The van der Waals surface area contributed by atoms with Crippen LogP contribution in [0.5, 0.6) is 0 Å². The van der Waals surface area contributed by atoms with Crippen LogP contribution in [0.2, 0.25) is 0 Å². The number of aromatic amines is 1. The van der Waals surface area contributed by atoms with E-state index >= 15 is 0 Å². The molecule has 0 spiro atoms. The molecule has 0 saturated heterocycles. The van der Waals surface area contributed by atoms with Crippen molar-refractivity contribution in [1.29, 1.82) is 0 Å². The van der Waals surface area contributed by atoms with Gasteiger partial charge < -0.3 is 4.98 Å². The average Bonchev–Trinajstić information content (AvgIpc) is 3.18. The van der Waals surface area contributed by atoms with Crippen molar-refractivity contribution in [1.82, 2.24) is 14.5 Å². The molecule has 122 valence electrons. The second-order valence-corrected chi connectivity index (χ2v) is 7.17. The van der Waals surface area contributed by atoms with E-state index in [9.17, 15) is 4.79 Å². The highest BCUT2D eigenvalue weighted by molar-refractivity contribution is 7.71. The Labute approximate surface area is 148 Å². The number of nitrogens with one attached hydrogen (secondary N) is 2. The fraction of sp³-hybridized carbons (Fsp3) is 0.235. The third-order valence-corrected chi connectivity index (χ3v) is 5.46. The summed E-state index contributed by atoms with van der Waals surface area (Å²) in [6.07, 6.45) is 6.08. The van der Waals surface area contributed by atoms with E-state index in [2.05, 4.69) is 15.3 Å². The van der Waals surface area contributed by atoms with Crippen molar-refractivity contribution in [2.75, 3.05) is 5.32 Å². The minimum absolute atomic E-state index is 0.211. The molecule has 0 fully saturated rings. The molecule has 2 heterocycles. The number of rotatable bonds is 3. The first-order valence-corrected chi connectivity index (χ1v) is 9.10. The van der Waals surface area contributed by atoms with E-state index in [1.165, 1.54) is 17.7 Å². The summed E-state index contributed by atoms with van der Waals surface area (Å²) in [7, 11) is 0. The largest absolute Gasteiger partial charge is 0.336 e. The number of anilines is 1. The minimum atomic E-state index is -0.211. The normalized spacial score (nSPS) is 13.5. The smallest absolute Gasteiger partial charge is 0.276 e. The van der Waals surface area contributed by atoms with E-state index in [0.717, 1.165) is 24.2 Å². The van der Waals surface area contributed by atoms with Gasteiger partial charge in [0, 0.05) is 16.8 Å². The van der Waals surface area contributed by atoms with Crippen LogP contribution in [0.1, 0.15) is 33.9 Å². The van der Waals surface area contributed by atoms with Gasteiger partial charge in [0.05, 0.1) is 5.69 Å². The molecule has 2 N–H and O–H groups in total. The Morgan fingerprint density at radius 3 is 2.83 bits per heavy atom. The molecule has 0 radical (unpaired) electrons. The Hall–Kier alpha value is -2.25. The summed E-state index contributed by atoms with van der Waals surface area (Å²) in [5.41, 5.74) is 2.46. The molecule has 7 heteroatoms. The van der Waals surface area contributed by atoms with E-state index in [-0.39, 0.29) is 5.91 Å². The Morgan fingerprint density at radius 1 is 1.25 bits per heavy atom. The van der Waals surface area contributed by atoms with E-state index in [0.29, 0.717) is 15.6 Å². The van der Waals surface area contributed by atoms with Crippen LogP contribution in [-0.2, 0) is 12.8 Å². The number of benzene rings is 1. The van der Waals surface area contributed by atoms with Crippen molar-refractivity contribution in [2.24, 2.45) is 0 Å². The number of carbonyl (C=O) groups excluding carboxylic acids is 1. The van der Waals surface area contributed by atoms with Crippen LogP contribution < -0.4 is 5.32 Å². The highest BCUT2D eigenvalue weighted by Gasteiger charge is 2.19. The summed E-state index contributed by atoms with van der Waals surface area (Å²) in [6.45, 7) is 0. The van der Waals surface area contributed by atoms with Gasteiger partial charge in [-0.2, -0.15) is 0 Å². The predicted molar refractivity (Wildman–Crippen MR) is 97.7 cm³/mol. The van der Waals surface area contributed by atoms with E-state index < -0.39 is 0 Å². The molecule has 24 heavy (non-hydrogen) atoms. The molecule has 1 amide bonds. The van der Waals surface area contributed by atoms with E-state index in [1.807, 2.05) is 30.3 Å². The van der Waals surface area contributed by atoms with Crippen LogP contribution in [0.15, 0.2) is 36.5 Å². The minimum Gasteiger partial charge on any atom is -0.336 e. The van der Waals surface area contributed by atoms with Gasteiger partial charge in [-0.3, -0.25) is 14.7 Å². The summed E-state index contributed by atoms with van der Waals surface area (Å²) >= 11 is 6.90. The zero-order valence-corrected chi connectivity index (χ0v) is 14.5. The first kappa shape index (κ1) is 15.3. The molecule has 2 aromatic heterocycles. The second kappa shape index (κ2) is 6.33. The van der Waals surface area contributed by atoms with Gasteiger partial charge >= 0.3 is 0 Å². The lowest BCUT2D eigenvalue weighted by Gasteiger charge is -2.07. The number of H-pyrrole nitrogens is 1. The fourth-order valence-corrected chi connectivity index (χ4v) is 4.24. The molecule has 0 saturated carbocycles. The van der Waals surface area contributed by atoms with Crippen LogP contribution in [0.3, 0.4) is 0 Å². The van der Waals surface area contributed by atoms with Crippen LogP contribution in [-0.4, -0.2) is 20.4 Å². The molecular formula is C17H16N4OS2. The van der Waals surface area contributed by atoms with Gasteiger partial charge in [-0.05, 0) is 50.0 Å². The van der Waals surface area contributed by atoms with Crippen molar-refractivity contribution in [2.45, 2.75) is 25.7 Å². The van der Waals surface area contributed by atoms with Crippen LogP contribution in [0, 0.1) is 4.77 Å². The van der Waals surface area contributed by atoms with Gasteiger partial charge in [-0.15, -0.1) is 11.3 Å². The monoisotopic (exact) mass is 356 g/mol. The quantitative estimate of drug-likeness (QED) is 0.694. The molecule has 5 nitrogen and oxygen atoms in total. The Kier molecular flexibility index (Phi) is 4.03. The van der Waals surface area contributed by atoms with E-state index in [1.54, 1.807) is 22.1 Å². The number of thiazole rings is 1. The molecule has 1 aliphatic rings. The van der Waals surface area contributed by atoms with Crippen molar-refractivity contribution < 1.29 is 4.79 Å². The summed E-state index contributed by atoms with van der Waals surface area (Å²) in [5, 5.41) is 3.59. The molecule has 4 rings (SSSR count). The first-order chi connectivity index (χ1) is 11.7. The maximum absolute atomic E-state index is 12.7. The Balaban J connectivity index is 1.64. The van der Waals surface area contributed by atoms with Gasteiger partial charge in [0.2, 0.25) is 0 Å². The molecule has 1 aliphatic carbocycles. The molecule has 0 unspecified atom stereocenters. The molecule has 0 atom stereocenters. The standard InChI is InChI=1S/C17H16N4OS2/c22-15(20-16-19-12-8-4-5-9-14(12)24-16)13-10-18-17(23)21(13)11-6-2-1-3-7-11/h1-3,6-7,10H,4-5,8-9H2,(H,18,23)(H,19,20,22). The van der Waals surface area contributed by atoms with Crippen LogP contribution >= 0.6 is 23.6 Å². The van der Waals surface area contributed by atoms with Gasteiger partial charge in [0.15, 0.2) is 9.90 Å². The second-order valence-electron chi connectivity index (χ2n) is 5.70. The number of hydrogen-bond acceptors (Lipinski definition) is 4. The maximum atomic E-state index is 12.7. The maximum Gasteiger partial charge on any atom is 0.276 e. The molecule has 0 aliphatic heterocycles. The van der Waals surface area contributed by atoms with Crippen molar-refractivity contribution in [3.05, 3.63) is 57.6 Å². The van der Waals surface area contributed by atoms with Gasteiger partial charge in [-0.1, -0.05) is 18.2 Å². The van der Waals surface area contributed by atoms with Gasteiger partial charge in [0.25, 0.3) is 5.91 Å². The van der Waals surface area contributed by atoms with Crippen LogP contribution in [0.4, 0.5) is 5.13 Å².